The first-order valence-electron chi connectivity index (χ1n) is 6.53. The highest BCUT2D eigenvalue weighted by Gasteiger charge is 2.12. The Kier molecular flexibility index (Phi) is 6.12. The molecule has 0 saturated carbocycles. The summed E-state index contributed by atoms with van der Waals surface area (Å²) in [5.74, 6) is 1.05. The third kappa shape index (κ3) is 4.15. The highest BCUT2D eigenvalue weighted by Crippen LogP contribution is 2.37. The van der Waals surface area contributed by atoms with Gasteiger partial charge in [-0.3, -0.25) is 4.79 Å². The molecule has 22 heavy (non-hydrogen) atoms. The fraction of sp³-hybridized carbons (Fsp3) is 0.188. The summed E-state index contributed by atoms with van der Waals surface area (Å²) in [5.41, 5.74) is 1.39. The van der Waals surface area contributed by atoms with Crippen molar-refractivity contribution in [3.63, 3.8) is 0 Å². The van der Waals surface area contributed by atoms with Crippen LogP contribution in [0.15, 0.2) is 34.8 Å². The van der Waals surface area contributed by atoms with E-state index in [0.717, 1.165) is 11.8 Å². The second kappa shape index (κ2) is 7.86. The molecule has 0 aliphatic rings. The first-order chi connectivity index (χ1) is 10.5. The van der Waals surface area contributed by atoms with E-state index in [1.807, 2.05) is 13.0 Å². The van der Waals surface area contributed by atoms with Crippen molar-refractivity contribution in [1.82, 2.24) is 0 Å². The van der Waals surface area contributed by atoms with Crippen LogP contribution >= 0.6 is 39.1 Å². The molecule has 0 bridgehead atoms. The topological polar surface area (TPSA) is 35.5 Å². The Labute approximate surface area is 147 Å². The average molecular weight is 404 g/mol. The number of carbonyl (C=O) groups excluding carboxylic acids is 1. The average Bonchev–Trinajstić information content (AvgIpc) is 2.50. The van der Waals surface area contributed by atoms with Crippen LogP contribution in [-0.4, -0.2) is 12.9 Å². The van der Waals surface area contributed by atoms with Crippen molar-refractivity contribution in [2.75, 3.05) is 6.61 Å². The molecule has 0 fully saturated rings. The summed E-state index contributed by atoms with van der Waals surface area (Å²) in [5, 5.41) is 0.972. The predicted octanol–water partition coefficient (Wildman–Crippen LogP) is 5.55. The van der Waals surface area contributed by atoms with Crippen LogP contribution < -0.4 is 9.47 Å². The van der Waals surface area contributed by atoms with Crippen LogP contribution in [0.25, 0.3) is 0 Å². The van der Waals surface area contributed by atoms with Crippen molar-refractivity contribution in [2.45, 2.75) is 13.5 Å². The van der Waals surface area contributed by atoms with Gasteiger partial charge < -0.3 is 9.47 Å². The second-order valence-corrected chi connectivity index (χ2v) is 6.09. The molecule has 2 aromatic carbocycles. The minimum atomic E-state index is 0.302. The van der Waals surface area contributed by atoms with Crippen LogP contribution in [0.2, 0.25) is 10.0 Å². The van der Waals surface area contributed by atoms with Crippen molar-refractivity contribution >= 4 is 45.4 Å². The lowest BCUT2D eigenvalue weighted by molar-refractivity contribution is 0.112. The summed E-state index contributed by atoms with van der Waals surface area (Å²) < 4.78 is 12.0. The largest absolute Gasteiger partial charge is 0.490 e. The summed E-state index contributed by atoms with van der Waals surface area (Å²) in [7, 11) is 0. The number of rotatable bonds is 6. The van der Waals surface area contributed by atoms with Crippen LogP contribution in [0, 0.1) is 0 Å². The van der Waals surface area contributed by atoms with Gasteiger partial charge in [-0.25, -0.2) is 0 Å². The van der Waals surface area contributed by atoms with Gasteiger partial charge in [0.2, 0.25) is 0 Å². The number of ether oxygens (including phenoxy) is 2. The Morgan fingerprint density at radius 3 is 2.55 bits per heavy atom. The number of hydrogen-bond acceptors (Lipinski definition) is 3. The number of carbonyl (C=O) groups is 1. The van der Waals surface area contributed by atoms with Gasteiger partial charge in [0.25, 0.3) is 0 Å². The Balaban J connectivity index is 2.24. The Morgan fingerprint density at radius 2 is 1.91 bits per heavy atom. The minimum Gasteiger partial charge on any atom is -0.490 e. The van der Waals surface area contributed by atoms with Crippen LogP contribution in [0.5, 0.6) is 11.5 Å². The first kappa shape index (κ1) is 17.1. The highest BCUT2D eigenvalue weighted by molar-refractivity contribution is 9.10. The van der Waals surface area contributed by atoms with Gasteiger partial charge in [0, 0.05) is 5.56 Å². The molecule has 0 aromatic heterocycles. The molecule has 2 aromatic rings. The van der Waals surface area contributed by atoms with Crippen LogP contribution in [-0.2, 0) is 6.61 Å². The molecule has 0 aliphatic carbocycles. The van der Waals surface area contributed by atoms with Crippen molar-refractivity contribution in [3.8, 4) is 11.5 Å². The molecule has 0 saturated heterocycles. The SMILES string of the molecule is CCOc1cc(C=O)cc(Br)c1OCc1ccc(Cl)c(Cl)c1. The van der Waals surface area contributed by atoms with Gasteiger partial charge in [0.15, 0.2) is 11.5 Å². The molecule has 0 radical (unpaired) electrons. The van der Waals surface area contributed by atoms with Crippen LogP contribution in [0.1, 0.15) is 22.8 Å². The fourth-order valence-corrected chi connectivity index (χ4v) is 2.74. The summed E-state index contributed by atoms with van der Waals surface area (Å²) in [4.78, 5) is 10.9. The zero-order chi connectivity index (χ0) is 16.1. The van der Waals surface area contributed by atoms with E-state index in [9.17, 15) is 4.79 Å². The van der Waals surface area contributed by atoms with Gasteiger partial charge in [-0.1, -0.05) is 29.3 Å². The van der Waals surface area contributed by atoms with Crippen molar-refractivity contribution in [3.05, 3.63) is 56.0 Å². The lowest BCUT2D eigenvalue weighted by atomic mass is 10.2. The zero-order valence-electron chi connectivity index (χ0n) is 11.7. The van der Waals surface area contributed by atoms with Gasteiger partial charge in [-0.05, 0) is 52.7 Å². The van der Waals surface area contributed by atoms with E-state index < -0.39 is 0 Å². The van der Waals surface area contributed by atoms with Gasteiger partial charge in [-0.2, -0.15) is 0 Å². The van der Waals surface area contributed by atoms with Crippen LogP contribution in [0.3, 0.4) is 0 Å². The molecule has 0 heterocycles. The molecule has 0 N–H and O–H groups in total. The van der Waals surface area contributed by atoms with Crippen LogP contribution in [0.4, 0.5) is 0 Å². The lowest BCUT2D eigenvalue weighted by Crippen LogP contribution is -2.01. The van der Waals surface area contributed by atoms with Gasteiger partial charge in [0.05, 0.1) is 21.1 Å². The highest BCUT2D eigenvalue weighted by atomic mass is 79.9. The molecule has 116 valence electrons. The fourth-order valence-electron chi connectivity index (χ4n) is 1.84. The van der Waals surface area contributed by atoms with Crippen molar-refractivity contribution in [1.29, 1.82) is 0 Å². The molecule has 0 atom stereocenters. The standard InChI is InChI=1S/C16H13BrCl2O3/c1-2-21-15-7-11(8-20)5-12(17)16(15)22-9-10-3-4-13(18)14(19)6-10/h3-8H,2,9H2,1H3. The van der Waals surface area contributed by atoms with Crippen molar-refractivity contribution < 1.29 is 14.3 Å². The van der Waals surface area contributed by atoms with E-state index in [0.29, 0.717) is 44.8 Å². The summed E-state index contributed by atoms with van der Waals surface area (Å²) >= 11 is 15.3. The molecular formula is C16H13BrCl2O3. The Morgan fingerprint density at radius 1 is 1.14 bits per heavy atom. The van der Waals surface area contributed by atoms with E-state index >= 15 is 0 Å². The summed E-state index contributed by atoms with van der Waals surface area (Å²) in [6.45, 7) is 2.64. The van der Waals surface area contributed by atoms with Gasteiger partial charge in [-0.15, -0.1) is 0 Å². The Bertz CT molecular complexity index is 689. The quantitative estimate of drug-likeness (QED) is 0.593. The molecule has 0 unspecified atom stereocenters. The number of benzene rings is 2. The molecule has 0 aliphatic heterocycles. The van der Waals surface area contributed by atoms with Crippen molar-refractivity contribution in [2.24, 2.45) is 0 Å². The molecule has 3 nitrogen and oxygen atoms in total. The molecule has 2 rings (SSSR count). The van der Waals surface area contributed by atoms with E-state index in [-0.39, 0.29) is 0 Å². The zero-order valence-corrected chi connectivity index (χ0v) is 14.8. The third-order valence-corrected chi connectivity index (χ3v) is 4.16. The number of hydrogen-bond donors (Lipinski definition) is 0. The summed E-state index contributed by atoms with van der Waals surface area (Å²) in [6, 6.07) is 8.63. The molecule has 0 spiro atoms. The molecule has 6 heteroatoms. The third-order valence-electron chi connectivity index (χ3n) is 2.83. The second-order valence-electron chi connectivity index (χ2n) is 4.42. The van der Waals surface area contributed by atoms with Gasteiger partial charge >= 0.3 is 0 Å². The lowest BCUT2D eigenvalue weighted by Gasteiger charge is -2.14. The predicted molar refractivity (Wildman–Crippen MR) is 91.5 cm³/mol. The van der Waals surface area contributed by atoms with Gasteiger partial charge in [0.1, 0.15) is 12.9 Å². The van der Waals surface area contributed by atoms with E-state index in [4.69, 9.17) is 32.7 Å². The number of halogens is 3. The molecule has 0 amide bonds. The maximum atomic E-state index is 10.9. The number of aldehydes is 1. The normalized spacial score (nSPS) is 10.4. The molecular weight excluding hydrogens is 391 g/mol. The first-order valence-corrected chi connectivity index (χ1v) is 8.08. The minimum absolute atomic E-state index is 0.302. The van der Waals surface area contributed by atoms with E-state index in [1.54, 1.807) is 24.3 Å². The smallest absolute Gasteiger partial charge is 0.175 e. The maximum absolute atomic E-state index is 10.9. The maximum Gasteiger partial charge on any atom is 0.175 e. The monoisotopic (exact) mass is 402 g/mol. The Hall–Kier alpha value is -1.23. The van der Waals surface area contributed by atoms with E-state index in [1.165, 1.54) is 0 Å². The van der Waals surface area contributed by atoms with E-state index in [2.05, 4.69) is 15.9 Å². The summed E-state index contributed by atoms with van der Waals surface area (Å²) in [6.07, 6.45) is 0.760.